The molecule has 2 N–H and O–H groups in total. The minimum Gasteiger partial charge on any atom is -0.426 e. The van der Waals surface area contributed by atoms with Crippen LogP contribution in [0.25, 0.3) is 0 Å². The van der Waals surface area contributed by atoms with E-state index in [0.29, 0.717) is 17.6 Å². The van der Waals surface area contributed by atoms with Crippen LogP contribution in [0.15, 0.2) is 24.3 Å². The van der Waals surface area contributed by atoms with Crippen molar-refractivity contribution in [3.63, 3.8) is 0 Å². The number of esters is 1. The maximum atomic E-state index is 12.2. The van der Waals surface area contributed by atoms with Gasteiger partial charge in [0.2, 0.25) is 0 Å². The molecule has 0 spiro atoms. The van der Waals surface area contributed by atoms with Crippen LogP contribution in [0.5, 0.6) is 5.75 Å². The van der Waals surface area contributed by atoms with Crippen LogP contribution in [0.3, 0.4) is 0 Å². The zero-order valence-corrected chi connectivity index (χ0v) is 15.8. The molecule has 138 valence electrons. The predicted octanol–water partition coefficient (Wildman–Crippen LogP) is 3.48. The fraction of sp³-hybridized carbons (Fsp3) is 0.667. The van der Waals surface area contributed by atoms with Crippen LogP contribution in [-0.4, -0.2) is 24.7 Å². The normalized spacial score (nSPS) is 31.8. The highest BCUT2D eigenvalue weighted by atomic mass is 16.5. The Morgan fingerprint density at radius 1 is 1.36 bits per heavy atom. The Morgan fingerprint density at radius 3 is 2.80 bits per heavy atom. The van der Waals surface area contributed by atoms with Crippen molar-refractivity contribution >= 4 is 5.97 Å². The smallest absolute Gasteiger partial charge is 0.316 e. The Balaban J connectivity index is 1.89. The molecule has 0 aromatic heterocycles. The lowest BCUT2D eigenvalue weighted by Crippen LogP contribution is -2.47. The van der Waals surface area contributed by atoms with E-state index in [2.05, 4.69) is 5.32 Å². The summed E-state index contributed by atoms with van der Waals surface area (Å²) in [6.07, 6.45) is 4.45. The van der Waals surface area contributed by atoms with E-state index in [1.54, 1.807) is 6.07 Å². The average Bonchev–Trinajstić information content (AvgIpc) is 2.94. The first-order valence-corrected chi connectivity index (χ1v) is 9.44. The topological polar surface area (TPSA) is 58.6 Å². The summed E-state index contributed by atoms with van der Waals surface area (Å²) in [6.45, 7) is 6.33. The first kappa shape index (κ1) is 18.4. The van der Waals surface area contributed by atoms with Gasteiger partial charge in [0.1, 0.15) is 5.75 Å². The second-order valence-corrected chi connectivity index (χ2v) is 8.90. The van der Waals surface area contributed by atoms with Crippen LogP contribution < -0.4 is 10.1 Å². The van der Waals surface area contributed by atoms with Crippen LogP contribution >= 0.6 is 0 Å². The number of rotatable bonds is 4. The number of aliphatic hydroxyl groups is 1. The molecule has 0 radical (unpaired) electrons. The maximum Gasteiger partial charge on any atom is 0.316 e. The molecule has 0 heterocycles. The van der Waals surface area contributed by atoms with E-state index in [1.807, 2.05) is 46.0 Å². The summed E-state index contributed by atoms with van der Waals surface area (Å²) in [5.41, 5.74) is -0.522. The molecular formula is C21H31NO3. The molecule has 25 heavy (non-hydrogen) atoms. The molecule has 4 atom stereocenters. The molecule has 2 saturated carbocycles. The van der Waals surface area contributed by atoms with E-state index >= 15 is 0 Å². The summed E-state index contributed by atoms with van der Waals surface area (Å²) in [6, 6.07) is 7.51. The summed E-state index contributed by atoms with van der Waals surface area (Å²) in [7, 11) is 1.95. The fourth-order valence-corrected chi connectivity index (χ4v) is 4.62. The van der Waals surface area contributed by atoms with Gasteiger partial charge < -0.3 is 15.2 Å². The molecule has 0 amide bonds. The minimum atomic E-state index is -0.850. The zero-order valence-electron chi connectivity index (χ0n) is 15.8. The van der Waals surface area contributed by atoms with Crippen molar-refractivity contribution in [3.05, 3.63) is 29.8 Å². The van der Waals surface area contributed by atoms with Gasteiger partial charge in [0, 0.05) is 12.5 Å². The molecule has 4 unspecified atom stereocenters. The summed E-state index contributed by atoms with van der Waals surface area (Å²) >= 11 is 0. The van der Waals surface area contributed by atoms with Gasteiger partial charge in [-0.15, -0.1) is 0 Å². The molecule has 2 aliphatic carbocycles. The van der Waals surface area contributed by atoms with Gasteiger partial charge in [-0.25, -0.2) is 0 Å². The molecule has 2 aliphatic rings. The van der Waals surface area contributed by atoms with Crippen molar-refractivity contribution in [1.82, 2.24) is 5.32 Å². The van der Waals surface area contributed by atoms with E-state index < -0.39 is 11.0 Å². The lowest BCUT2D eigenvalue weighted by molar-refractivity contribution is -0.143. The molecule has 1 aromatic rings. The molecule has 1 aromatic carbocycles. The summed E-state index contributed by atoms with van der Waals surface area (Å²) < 4.78 is 5.55. The van der Waals surface area contributed by atoms with Crippen LogP contribution in [0, 0.1) is 23.2 Å². The minimum absolute atomic E-state index is 0.199. The van der Waals surface area contributed by atoms with E-state index in [9.17, 15) is 9.90 Å². The number of carbonyl (C=O) groups is 1. The van der Waals surface area contributed by atoms with Crippen molar-refractivity contribution in [2.24, 2.45) is 23.2 Å². The summed E-state index contributed by atoms with van der Waals surface area (Å²) in [5.74, 6) is 1.63. The van der Waals surface area contributed by atoms with Gasteiger partial charge in [0.15, 0.2) is 0 Å². The van der Waals surface area contributed by atoms with Crippen molar-refractivity contribution < 1.29 is 14.6 Å². The van der Waals surface area contributed by atoms with Crippen molar-refractivity contribution in [3.8, 4) is 5.75 Å². The lowest BCUT2D eigenvalue weighted by atomic mass is 9.66. The van der Waals surface area contributed by atoms with E-state index in [-0.39, 0.29) is 11.9 Å². The van der Waals surface area contributed by atoms with Gasteiger partial charge in [0.05, 0.1) is 11.0 Å². The first-order chi connectivity index (χ1) is 11.7. The van der Waals surface area contributed by atoms with Gasteiger partial charge in [-0.1, -0.05) is 18.6 Å². The zero-order chi connectivity index (χ0) is 18.2. The lowest BCUT2D eigenvalue weighted by Gasteiger charge is -2.44. The average molecular weight is 345 g/mol. The van der Waals surface area contributed by atoms with Gasteiger partial charge in [-0.05, 0) is 76.6 Å². The molecule has 3 rings (SSSR count). The van der Waals surface area contributed by atoms with Gasteiger partial charge in [0.25, 0.3) is 0 Å². The number of carbonyl (C=O) groups excluding carboxylic acids is 1. The van der Waals surface area contributed by atoms with E-state index in [0.717, 1.165) is 18.5 Å². The second-order valence-electron chi connectivity index (χ2n) is 8.90. The molecule has 4 nitrogen and oxygen atoms in total. The monoisotopic (exact) mass is 345 g/mol. The Bertz CT molecular complexity index is 636. The van der Waals surface area contributed by atoms with Crippen molar-refractivity contribution in [2.45, 2.75) is 52.1 Å². The molecule has 0 aliphatic heterocycles. The number of nitrogens with one attached hydrogen (secondary N) is 1. The van der Waals surface area contributed by atoms with Gasteiger partial charge >= 0.3 is 5.97 Å². The maximum absolute atomic E-state index is 12.2. The molecule has 4 heteroatoms. The Morgan fingerprint density at radius 2 is 2.12 bits per heavy atom. The van der Waals surface area contributed by atoms with E-state index in [4.69, 9.17) is 4.74 Å². The summed E-state index contributed by atoms with van der Waals surface area (Å²) in [5, 5.41) is 14.9. The number of hydrogen-bond acceptors (Lipinski definition) is 4. The SMILES string of the molecule is CNCC1C2CCC(C2)CC1(O)c1cccc(OC(=O)C(C)(C)C)c1. The van der Waals surface area contributed by atoms with Crippen LogP contribution in [0.2, 0.25) is 0 Å². The number of fused-ring (bicyclic) bond motifs is 2. The summed E-state index contributed by atoms with van der Waals surface area (Å²) in [4.78, 5) is 12.2. The Hall–Kier alpha value is -1.39. The second kappa shape index (κ2) is 6.73. The van der Waals surface area contributed by atoms with E-state index in [1.165, 1.54) is 19.3 Å². The standard InChI is InChI=1S/C21H31NO3/c1-20(2,3)19(23)25-17-7-5-6-16(11-17)21(24)12-14-8-9-15(10-14)18(21)13-22-4/h5-7,11,14-15,18,22,24H,8-10,12-13H2,1-4H3. The largest absolute Gasteiger partial charge is 0.426 e. The van der Waals surface area contributed by atoms with Crippen LogP contribution in [0.1, 0.15) is 52.0 Å². The van der Waals surface area contributed by atoms with Crippen LogP contribution in [-0.2, 0) is 10.4 Å². The Labute approximate surface area is 151 Å². The van der Waals surface area contributed by atoms with Crippen molar-refractivity contribution in [1.29, 1.82) is 0 Å². The van der Waals surface area contributed by atoms with Gasteiger partial charge in [-0.2, -0.15) is 0 Å². The quantitative estimate of drug-likeness (QED) is 0.648. The third-order valence-electron chi connectivity index (χ3n) is 5.94. The Kier molecular flexibility index (Phi) is 4.95. The fourth-order valence-electron chi connectivity index (χ4n) is 4.62. The number of benzene rings is 1. The van der Waals surface area contributed by atoms with Gasteiger partial charge in [-0.3, -0.25) is 4.79 Å². The predicted molar refractivity (Wildman–Crippen MR) is 98.3 cm³/mol. The third-order valence-corrected chi connectivity index (χ3v) is 5.94. The molecule has 0 saturated heterocycles. The highest BCUT2D eigenvalue weighted by Gasteiger charge is 2.51. The highest BCUT2D eigenvalue weighted by molar-refractivity contribution is 5.77. The highest BCUT2D eigenvalue weighted by Crippen LogP contribution is 2.54. The molecule has 2 bridgehead atoms. The molecular weight excluding hydrogens is 314 g/mol. The first-order valence-electron chi connectivity index (χ1n) is 9.44. The van der Waals surface area contributed by atoms with Crippen LogP contribution in [0.4, 0.5) is 0 Å². The third kappa shape index (κ3) is 3.61. The number of ether oxygens (including phenoxy) is 1. The number of hydrogen-bond donors (Lipinski definition) is 2. The van der Waals surface area contributed by atoms with Crippen molar-refractivity contribution in [2.75, 3.05) is 13.6 Å². The molecule has 2 fully saturated rings.